The minimum absolute atomic E-state index is 0.0283. The van der Waals surface area contributed by atoms with E-state index >= 15 is 0 Å². The molecule has 0 spiro atoms. The molecule has 0 unspecified atom stereocenters. The van der Waals surface area contributed by atoms with E-state index < -0.39 is 0 Å². The van der Waals surface area contributed by atoms with Gasteiger partial charge in [0.1, 0.15) is 10.6 Å². The number of ether oxygens (including phenoxy) is 1. The van der Waals surface area contributed by atoms with E-state index in [0.717, 1.165) is 10.6 Å². The lowest BCUT2D eigenvalue weighted by molar-refractivity contribution is 0.344. The molecule has 0 aliphatic carbocycles. The van der Waals surface area contributed by atoms with Gasteiger partial charge in [-0.3, -0.25) is 9.36 Å². The Labute approximate surface area is 152 Å². The average Bonchev–Trinajstić information content (AvgIpc) is 3.03. The first kappa shape index (κ1) is 17.1. The number of aromatic nitrogens is 2. The summed E-state index contributed by atoms with van der Waals surface area (Å²) in [4.78, 5) is 17.9. The monoisotopic (exact) mass is 378 g/mol. The molecular weight excluding hydrogens is 364 g/mol. The number of hydrogen-bond donors (Lipinski definition) is 0. The van der Waals surface area contributed by atoms with Gasteiger partial charge in [-0.25, -0.2) is 4.98 Å². The summed E-state index contributed by atoms with van der Waals surface area (Å²) in [5.74, 6) is 1.40. The molecule has 0 aliphatic rings. The molecule has 0 atom stereocenters. The van der Waals surface area contributed by atoms with Crippen LogP contribution in [0.4, 0.5) is 0 Å². The second-order valence-corrected chi connectivity index (χ2v) is 7.29. The molecule has 0 saturated carbocycles. The Balaban J connectivity index is 1.71. The highest BCUT2D eigenvalue weighted by molar-refractivity contribution is 7.99. The van der Waals surface area contributed by atoms with E-state index in [1.165, 1.54) is 23.1 Å². The van der Waals surface area contributed by atoms with Crippen LogP contribution < -0.4 is 10.3 Å². The van der Waals surface area contributed by atoms with Gasteiger partial charge in [-0.05, 0) is 29.6 Å². The van der Waals surface area contributed by atoms with E-state index in [9.17, 15) is 4.79 Å². The zero-order chi connectivity index (χ0) is 16.9. The summed E-state index contributed by atoms with van der Waals surface area (Å²) in [5.41, 5.74) is -0.0283. The second kappa shape index (κ2) is 7.88. The molecule has 3 rings (SSSR count). The fourth-order valence-electron chi connectivity index (χ4n) is 2.18. The molecule has 3 aromatic rings. The molecule has 0 radical (unpaired) electrons. The van der Waals surface area contributed by atoms with E-state index in [2.05, 4.69) is 11.6 Å². The van der Waals surface area contributed by atoms with Gasteiger partial charge in [-0.2, -0.15) is 0 Å². The number of halogens is 1. The van der Waals surface area contributed by atoms with Crippen molar-refractivity contribution >= 4 is 44.9 Å². The van der Waals surface area contributed by atoms with Crippen LogP contribution in [-0.4, -0.2) is 21.9 Å². The first-order chi connectivity index (χ1) is 11.7. The number of fused-ring (bicyclic) bond motifs is 1. The molecule has 2 heterocycles. The maximum absolute atomic E-state index is 12.5. The van der Waals surface area contributed by atoms with Crippen molar-refractivity contribution in [2.75, 3.05) is 12.4 Å². The summed E-state index contributed by atoms with van der Waals surface area (Å²) < 4.78 is 7.32. The van der Waals surface area contributed by atoms with Gasteiger partial charge in [-0.1, -0.05) is 35.5 Å². The molecule has 0 saturated heterocycles. The molecule has 1 aromatic carbocycles. The predicted octanol–water partition coefficient (Wildman–Crippen LogP) is 4.47. The van der Waals surface area contributed by atoms with Crippen molar-refractivity contribution in [3.8, 4) is 5.75 Å². The van der Waals surface area contributed by atoms with Crippen LogP contribution in [0.5, 0.6) is 5.75 Å². The Kier molecular flexibility index (Phi) is 5.60. The highest BCUT2D eigenvalue weighted by atomic mass is 35.5. The highest BCUT2D eigenvalue weighted by Crippen LogP contribution is 2.22. The molecule has 0 N–H and O–H groups in total. The van der Waals surface area contributed by atoms with E-state index in [-0.39, 0.29) is 5.56 Å². The van der Waals surface area contributed by atoms with E-state index in [1.807, 2.05) is 23.6 Å². The summed E-state index contributed by atoms with van der Waals surface area (Å²) in [6, 6.07) is 9.09. The summed E-state index contributed by atoms with van der Waals surface area (Å²) in [7, 11) is 0. The molecular formula is C17H15ClN2O2S2. The number of nitrogens with zero attached hydrogens (tertiary/aromatic N) is 2. The third-order valence-electron chi connectivity index (χ3n) is 3.24. The van der Waals surface area contributed by atoms with Crippen molar-refractivity contribution in [3.05, 3.63) is 63.7 Å². The van der Waals surface area contributed by atoms with Gasteiger partial charge in [0.15, 0.2) is 5.16 Å². The summed E-state index contributed by atoms with van der Waals surface area (Å²) in [6.45, 7) is 4.66. The lowest BCUT2D eigenvalue weighted by Gasteiger charge is -2.10. The Hall–Kier alpha value is -1.76. The van der Waals surface area contributed by atoms with Crippen LogP contribution in [0.1, 0.15) is 0 Å². The third kappa shape index (κ3) is 3.83. The second-order valence-electron chi connectivity index (χ2n) is 4.89. The van der Waals surface area contributed by atoms with Crippen molar-refractivity contribution in [2.45, 2.75) is 11.7 Å². The number of thiophene rings is 1. The van der Waals surface area contributed by atoms with Gasteiger partial charge < -0.3 is 4.74 Å². The molecule has 0 aliphatic heterocycles. The largest absolute Gasteiger partial charge is 0.493 e. The zero-order valence-electron chi connectivity index (χ0n) is 12.8. The lowest BCUT2D eigenvalue weighted by atomic mass is 10.3. The molecule has 0 amide bonds. The van der Waals surface area contributed by atoms with Gasteiger partial charge in [0, 0.05) is 17.3 Å². The average molecular weight is 379 g/mol. The summed E-state index contributed by atoms with van der Waals surface area (Å²) in [5, 5.41) is 3.87. The lowest BCUT2D eigenvalue weighted by Crippen LogP contribution is -2.22. The fourth-order valence-corrected chi connectivity index (χ4v) is 3.99. The molecule has 124 valence electrons. The predicted molar refractivity (Wildman–Crippen MR) is 102 cm³/mol. The Morgan fingerprint density at radius 1 is 1.42 bits per heavy atom. The Bertz CT molecular complexity index is 920. The standard InChI is InChI=1S/C17H15ClN2O2S2/c1-2-7-20-16(21)14-6-9-23-15(14)19-17(20)24-10-8-22-13-5-3-4-12(18)11-13/h2-6,9,11H,1,7-8,10H2. The summed E-state index contributed by atoms with van der Waals surface area (Å²) in [6.07, 6.45) is 1.70. The van der Waals surface area contributed by atoms with Crippen LogP contribution in [0.25, 0.3) is 10.2 Å². The third-order valence-corrected chi connectivity index (χ3v) is 5.22. The number of benzene rings is 1. The van der Waals surface area contributed by atoms with Gasteiger partial charge in [0.2, 0.25) is 0 Å². The first-order valence-electron chi connectivity index (χ1n) is 7.29. The van der Waals surface area contributed by atoms with Crippen LogP contribution in [0.2, 0.25) is 5.02 Å². The zero-order valence-corrected chi connectivity index (χ0v) is 15.2. The van der Waals surface area contributed by atoms with Gasteiger partial charge >= 0.3 is 0 Å². The molecule has 0 bridgehead atoms. The molecule has 7 heteroatoms. The topological polar surface area (TPSA) is 44.1 Å². The number of thioether (sulfide) groups is 1. The number of rotatable bonds is 7. The van der Waals surface area contributed by atoms with Gasteiger partial charge in [0.25, 0.3) is 5.56 Å². The van der Waals surface area contributed by atoms with Crippen molar-refractivity contribution in [1.82, 2.24) is 9.55 Å². The van der Waals surface area contributed by atoms with Crippen LogP contribution in [-0.2, 0) is 6.54 Å². The Morgan fingerprint density at radius 2 is 2.29 bits per heavy atom. The Morgan fingerprint density at radius 3 is 3.08 bits per heavy atom. The van der Waals surface area contributed by atoms with Crippen LogP contribution in [0.15, 0.2) is 58.3 Å². The van der Waals surface area contributed by atoms with E-state index in [0.29, 0.717) is 34.5 Å². The van der Waals surface area contributed by atoms with E-state index in [1.54, 1.807) is 22.8 Å². The summed E-state index contributed by atoms with van der Waals surface area (Å²) >= 11 is 8.90. The van der Waals surface area contributed by atoms with Crippen LogP contribution >= 0.6 is 34.7 Å². The first-order valence-corrected chi connectivity index (χ1v) is 9.53. The fraction of sp³-hybridized carbons (Fsp3) is 0.176. The minimum Gasteiger partial charge on any atom is -0.493 e. The number of allylic oxidation sites excluding steroid dienone is 1. The quantitative estimate of drug-likeness (QED) is 0.263. The van der Waals surface area contributed by atoms with Crippen LogP contribution in [0.3, 0.4) is 0 Å². The van der Waals surface area contributed by atoms with E-state index in [4.69, 9.17) is 16.3 Å². The van der Waals surface area contributed by atoms with Crippen LogP contribution in [0, 0.1) is 0 Å². The van der Waals surface area contributed by atoms with Crippen molar-refractivity contribution in [2.24, 2.45) is 0 Å². The molecule has 2 aromatic heterocycles. The smallest absolute Gasteiger partial charge is 0.263 e. The maximum Gasteiger partial charge on any atom is 0.263 e. The van der Waals surface area contributed by atoms with Crippen molar-refractivity contribution < 1.29 is 4.74 Å². The molecule has 4 nitrogen and oxygen atoms in total. The number of hydrogen-bond acceptors (Lipinski definition) is 5. The maximum atomic E-state index is 12.5. The minimum atomic E-state index is -0.0283. The van der Waals surface area contributed by atoms with Crippen molar-refractivity contribution in [3.63, 3.8) is 0 Å². The SMILES string of the molecule is C=CCn1c(SCCOc2cccc(Cl)c2)nc2sccc2c1=O. The molecule has 24 heavy (non-hydrogen) atoms. The van der Waals surface area contributed by atoms with Gasteiger partial charge in [-0.15, -0.1) is 17.9 Å². The van der Waals surface area contributed by atoms with Gasteiger partial charge in [0.05, 0.1) is 12.0 Å². The van der Waals surface area contributed by atoms with Crippen molar-refractivity contribution in [1.29, 1.82) is 0 Å². The normalized spacial score (nSPS) is 10.9. The molecule has 0 fully saturated rings. The highest BCUT2D eigenvalue weighted by Gasteiger charge is 2.11.